The number of fused-ring (bicyclic) bond motifs is 2. The Hall–Kier alpha value is -8.47. The SMILES string of the molecule is COC(=O)[C@@H](Cc1ccc(O)cc1)NC(=O)c1nn(-c2ccc(F)cc2F)c2c1CCC2Cc1cccc(F)c1.O=C(NCc1ccccc1)c1nn(-c2ccc(F)cc2F)c2c1CCC2Cc1cccc(F)c1. The molecule has 3 atom stereocenters. The lowest BCUT2D eigenvalue weighted by Gasteiger charge is -2.16. The molecule has 17 heteroatoms. The fourth-order valence-corrected chi connectivity index (χ4v) is 9.79. The van der Waals surface area contributed by atoms with Gasteiger partial charge in [-0.25, -0.2) is 40.5 Å². The molecule has 0 radical (unpaired) electrons. The van der Waals surface area contributed by atoms with Crippen molar-refractivity contribution in [1.82, 2.24) is 30.2 Å². The molecule has 2 aromatic heterocycles. The van der Waals surface area contributed by atoms with E-state index in [0.717, 1.165) is 46.5 Å². The van der Waals surface area contributed by atoms with E-state index in [4.69, 9.17) is 4.74 Å². The van der Waals surface area contributed by atoms with Gasteiger partial charge in [-0.15, -0.1) is 0 Å². The summed E-state index contributed by atoms with van der Waals surface area (Å²) in [5, 5.41) is 24.0. The summed E-state index contributed by atoms with van der Waals surface area (Å²) in [4.78, 5) is 39.2. The molecule has 74 heavy (non-hydrogen) atoms. The molecule has 2 amide bonds. The molecule has 0 saturated heterocycles. The number of phenolic OH excluding ortho intramolecular Hbond substituents is 1. The largest absolute Gasteiger partial charge is 0.508 e. The van der Waals surface area contributed by atoms with Gasteiger partial charge >= 0.3 is 5.97 Å². The number of nitrogens with zero attached hydrogens (tertiary/aromatic N) is 4. The quantitative estimate of drug-likeness (QED) is 0.0728. The molecule has 2 aliphatic rings. The van der Waals surface area contributed by atoms with Gasteiger partial charge < -0.3 is 20.5 Å². The van der Waals surface area contributed by atoms with Crippen molar-refractivity contribution in [2.24, 2.45) is 0 Å². The van der Waals surface area contributed by atoms with Crippen molar-refractivity contribution in [3.8, 4) is 17.1 Å². The van der Waals surface area contributed by atoms with Crippen molar-refractivity contribution in [2.75, 3.05) is 7.11 Å². The summed E-state index contributed by atoms with van der Waals surface area (Å²) >= 11 is 0. The summed E-state index contributed by atoms with van der Waals surface area (Å²) in [6.07, 6.45) is 3.38. The smallest absolute Gasteiger partial charge is 0.328 e. The van der Waals surface area contributed by atoms with E-state index >= 15 is 0 Å². The first-order chi connectivity index (χ1) is 35.7. The van der Waals surface area contributed by atoms with Gasteiger partial charge in [0, 0.05) is 48.1 Å². The molecule has 3 N–H and O–H groups in total. The van der Waals surface area contributed by atoms with Crippen LogP contribution >= 0.6 is 0 Å². The molecule has 0 spiro atoms. The van der Waals surface area contributed by atoms with Crippen molar-refractivity contribution >= 4 is 17.8 Å². The van der Waals surface area contributed by atoms with Crippen molar-refractivity contribution in [3.05, 3.63) is 231 Å². The Labute approximate surface area is 421 Å². The van der Waals surface area contributed by atoms with Crippen LogP contribution in [-0.4, -0.2) is 55.6 Å². The maximum atomic E-state index is 14.9. The van der Waals surface area contributed by atoms with E-state index in [9.17, 15) is 45.8 Å². The summed E-state index contributed by atoms with van der Waals surface area (Å²) in [7, 11) is 1.21. The van der Waals surface area contributed by atoms with Crippen molar-refractivity contribution < 1.29 is 50.6 Å². The standard InChI is InChI=1S/C30H26F3N3O4.C27H22F3N3O/c1-40-30(39)25(15-17-5-9-22(37)10-6-17)34-29(38)27-23-11-7-19(13-18-3-2-4-20(31)14-18)28(23)36(35-27)26-12-8-21(32)16-24(26)33;28-20-8-4-7-18(14-20)13-19-9-11-22-25(27(34)31-16-17-5-2-1-3-6-17)32-33(26(19)22)24-12-10-21(29)15-23(24)30/h2-6,8-10,12,14,16,19,25,37H,7,11,13,15H2,1H3,(H,34,38);1-8,10,12,14-15,19H,9,11,13,16H2,(H,31,34)/t19?,25-;/m1./s1. The van der Waals surface area contributed by atoms with Gasteiger partial charge in [0.15, 0.2) is 23.0 Å². The first-order valence-corrected chi connectivity index (χ1v) is 23.8. The molecule has 2 heterocycles. The Morgan fingerprint density at radius 3 is 1.57 bits per heavy atom. The Morgan fingerprint density at radius 2 is 1.08 bits per heavy atom. The fourth-order valence-electron chi connectivity index (χ4n) is 9.79. The minimum absolute atomic E-state index is 0.0140. The van der Waals surface area contributed by atoms with Crippen LogP contribution in [0.2, 0.25) is 0 Å². The fraction of sp³-hybridized carbons (Fsp3) is 0.211. The number of esters is 1. The van der Waals surface area contributed by atoms with Crippen LogP contribution in [0.1, 0.15) is 90.4 Å². The summed E-state index contributed by atoms with van der Waals surface area (Å²) in [5.41, 5.74) is 6.06. The van der Waals surface area contributed by atoms with Crippen molar-refractivity contribution in [2.45, 2.75) is 69.4 Å². The number of ether oxygens (including phenoxy) is 1. The van der Waals surface area contributed by atoms with Crippen molar-refractivity contribution in [1.29, 1.82) is 0 Å². The number of halogens is 6. The van der Waals surface area contributed by atoms with Crippen LogP contribution in [0.5, 0.6) is 5.75 Å². The molecular weight excluding hydrogens is 963 g/mol. The third kappa shape index (κ3) is 11.3. The highest BCUT2D eigenvalue weighted by Gasteiger charge is 2.37. The van der Waals surface area contributed by atoms with E-state index in [-0.39, 0.29) is 64.3 Å². The van der Waals surface area contributed by atoms with Crippen LogP contribution in [0.4, 0.5) is 26.3 Å². The lowest BCUT2D eigenvalue weighted by Crippen LogP contribution is -2.43. The third-order valence-electron chi connectivity index (χ3n) is 13.2. The predicted molar refractivity (Wildman–Crippen MR) is 262 cm³/mol. The number of nitrogens with one attached hydrogen (secondary N) is 2. The Balaban J connectivity index is 0.000000184. The van der Waals surface area contributed by atoms with Crippen LogP contribution in [0, 0.1) is 34.9 Å². The lowest BCUT2D eigenvalue weighted by atomic mass is 9.97. The molecule has 6 aromatic carbocycles. The molecule has 0 bridgehead atoms. The average Bonchev–Trinajstić information content (AvgIpc) is 4.17. The molecular formula is C57H48F6N6O5. The first kappa shape index (κ1) is 50.5. The minimum Gasteiger partial charge on any atom is -0.508 e. The molecule has 0 fully saturated rings. The third-order valence-corrected chi connectivity index (χ3v) is 13.2. The first-order valence-electron chi connectivity index (χ1n) is 23.8. The van der Waals surface area contributed by atoms with Gasteiger partial charge in [-0.3, -0.25) is 9.59 Å². The van der Waals surface area contributed by atoms with Gasteiger partial charge in [0.2, 0.25) is 0 Å². The van der Waals surface area contributed by atoms with E-state index in [1.54, 1.807) is 30.3 Å². The second-order valence-electron chi connectivity index (χ2n) is 18.2. The average molecular weight is 1010 g/mol. The van der Waals surface area contributed by atoms with E-state index in [1.165, 1.54) is 65.0 Å². The molecule has 2 unspecified atom stereocenters. The highest BCUT2D eigenvalue weighted by molar-refractivity contribution is 5.97. The Morgan fingerprint density at radius 1 is 0.595 bits per heavy atom. The number of carbonyl (C=O) groups is 3. The zero-order valence-electron chi connectivity index (χ0n) is 39.8. The highest BCUT2D eigenvalue weighted by atomic mass is 19.2. The minimum atomic E-state index is -1.06. The summed E-state index contributed by atoms with van der Waals surface area (Å²) in [5.74, 6) is -5.71. The normalized spacial score (nSPS) is 14.9. The van der Waals surface area contributed by atoms with Gasteiger partial charge in [0.05, 0.1) is 18.5 Å². The Bertz CT molecular complexity index is 3360. The van der Waals surface area contributed by atoms with Gasteiger partial charge in [-0.2, -0.15) is 10.2 Å². The van der Waals surface area contributed by atoms with Gasteiger partial charge in [0.25, 0.3) is 11.8 Å². The molecule has 10 rings (SSSR count). The number of aromatic nitrogens is 4. The van der Waals surface area contributed by atoms with Crippen LogP contribution in [-0.2, 0) is 48.2 Å². The zero-order chi connectivity index (χ0) is 52.0. The van der Waals surface area contributed by atoms with Gasteiger partial charge in [-0.1, -0.05) is 66.7 Å². The number of carbonyl (C=O) groups excluding carboxylic acids is 3. The molecule has 0 saturated carbocycles. The lowest BCUT2D eigenvalue weighted by molar-refractivity contribution is -0.142. The molecule has 0 aliphatic heterocycles. The molecule has 2 aliphatic carbocycles. The van der Waals surface area contributed by atoms with E-state index in [0.29, 0.717) is 67.6 Å². The number of amides is 2. The number of methoxy groups -OCH3 is 1. The second kappa shape index (κ2) is 22.1. The van der Waals surface area contributed by atoms with Gasteiger partial charge in [-0.05, 0) is 121 Å². The molecule has 378 valence electrons. The second-order valence-corrected chi connectivity index (χ2v) is 18.2. The maximum absolute atomic E-state index is 14.9. The van der Waals surface area contributed by atoms with Gasteiger partial charge in [0.1, 0.15) is 46.4 Å². The van der Waals surface area contributed by atoms with E-state index in [1.807, 2.05) is 36.4 Å². The number of hydrogen-bond donors (Lipinski definition) is 3. The highest BCUT2D eigenvalue weighted by Crippen LogP contribution is 2.41. The number of phenols is 1. The predicted octanol–water partition coefficient (Wildman–Crippen LogP) is 10.3. The molecule has 11 nitrogen and oxygen atoms in total. The van der Waals surface area contributed by atoms with Crippen LogP contribution < -0.4 is 10.6 Å². The number of aromatic hydroxyl groups is 1. The van der Waals surface area contributed by atoms with E-state index in [2.05, 4.69) is 20.8 Å². The summed E-state index contributed by atoms with van der Waals surface area (Å²) in [6, 6.07) is 33.5. The number of hydrogen-bond acceptors (Lipinski definition) is 7. The number of rotatable bonds is 14. The Kier molecular flexibility index (Phi) is 15.1. The van der Waals surface area contributed by atoms with Crippen LogP contribution in [0.15, 0.2) is 140 Å². The zero-order valence-corrected chi connectivity index (χ0v) is 39.8. The summed E-state index contributed by atoms with van der Waals surface area (Å²) in [6.45, 7) is 0.332. The topological polar surface area (TPSA) is 140 Å². The maximum Gasteiger partial charge on any atom is 0.328 e. The summed E-state index contributed by atoms with van der Waals surface area (Å²) < 4.78 is 92.2. The van der Waals surface area contributed by atoms with Crippen LogP contribution in [0.25, 0.3) is 11.4 Å². The molecule has 8 aromatic rings. The van der Waals surface area contributed by atoms with Crippen LogP contribution in [0.3, 0.4) is 0 Å². The number of benzene rings is 6. The van der Waals surface area contributed by atoms with Crippen molar-refractivity contribution in [3.63, 3.8) is 0 Å². The monoisotopic (exact) mass is 1010 g/mol. The van der Waals surface area contributed by atoms with E-state index < -0.39 is 41.2 Å².